The number of nitrogens with one attached hydrogen (secondary N) is 1. The molecule has 1 fully saturated rings. The Kier molecular flexibility index (Phi) is 6.34. The van der Waals surface area contributed by atoms with Crippen LogP contribution in [0, 0.1) is 13.8 Å². The normalized spacial score (nSPS) is 12.2. The number of fused-ring (bicyclic) bond motifs is 1. The summed E-state index contributed by atoms with van der Waals surface area (Å²) < 4.78 is 12.6. The number of pyridine rings is 1. The lowest BCUT2D eigenvalue weighted by molar-refractivity contribution is 0.209. The van der Waals surface area contributed by atoms with Gasteiger partial charge in [0.05, 0.1) is 18.0 Å². The molecule has 0 unspecified atom stereocenters. The van der Waals surface area contributed by atoms with Crippen LogP contribution < -0.4 is 10.1 Å². The first kappa shape index (κ1) is 21.4. The maximum Gasteiger partial charge on any atom is 0.411 e. The Balaban J connectivity index is 0.000000754. The Labute approximate surface area is 185 Å². The van der Waals surface area contributed by atoms with Crippen LogP contribution in [0.1, 0.15) is 36.3 Å². The Morgan fingerprint density at radius 1 is 1.16 bits per heavy atom. The van der Waals surface area contributed by atoms with Crippen LogP contribution in [0.4, 0.5) is 10.7 Å². The van der Waals surface area contributed by atoms with E-state index < -0.39 is 6.09 Å². The van der Waals surface area contributed by atoms with Gasteiger partial charge in [-0.2, -0.15) is 4.98 Å². The lowest BCUT2D eigenvalue weighted by atomic mass is 10.1. The second kappa shape index (κ2) is 9.51. The summed E-state index contributed by atoms with van der Waals surface area (Å²) >= 11 is 0. The minimum Gasteiger partial charge on any atom is -0.493 e. The number of hydrogen-bond acceptors (Lipinski definition) is 6. The molecule has 4 aromatic rings. The van der Waals surface area contributed by atoms with Crippen LogP contribution in [0.5, 0.6) is 5.75 Å². The Bertz CT molecular complexity index is 1190. The molecule has 0 saturated heterocycles. The lowest BCUT2D eigenvalue weighted by Crippen LogP contribution is -2.08. The average Bonchev–Trinajstić information content (AvgIpc) is 3.55. The molecule has 9 heteroatoms. The molecule has 0 spiro atoms. The van der Waals surface area contributed by atoms with E-state index in [1.807, 2.05) is 50.2 Å². The monoisotopic (exact) mass is 435 g/mol. The number of carboxylic acid groups (broad SMARTS) is 1. The third-order valence-corrected chi connectivity index (χ3v) is 4.88. The third kappa shape index (κ3) is 5.23. The van der Waals surface area contributed by atoms with Crippen LogP contribution in [-0.2, 0) is 6.42 Å². The van der Waals surface area contributed by atoms with E-state index in [-0.39, 0.29) is 5.95 Å². The first-order valence-corrected chi connectivity index (χ1v) is 10.5. The molecule has 2 N–H and O–H groups in total. The number of nitrogens with zero attached hydrogens (tertiary/aromatic N) is 4. The van der Waals surface area contributed by atoms with Gasteiger partial charge in [-0.3, -0.25) is 5.32 Å². The van der Waals surface area contributed by atoms with Crippen molar-refractivity contribution in [1.29, 1.82) is 0 Å². The zero-order valence-corrected chi connectivity index (χ0v) is 18.0. The molecule has 0 aliphatic heterocycles. The molecule has 1 saturated carbocycles. The number of amides is 1. The SMILES string of the molecule is C1CC1.Cc1noc(C)c1CCOc1ccc(-c2cccc3nc(NC(=O)O)nn23)cc1. The third-order valence-electron chi connectivity index (χ3n) is 4.88. The Morgan fingerprint density at radius 2 is 1.91 bits per heavy atom. The van der Waals surface area contributed by atoms with Crippen molar-refractivity contribution in [3.8, 4) is 17.0 Å². The summed E-state index contributed by atoms with van der Waals surface area (Å²) in [4.78, 5) is 15.0. The summed E-state index contributed by atoms with van der Waals surface area (Å²) in [6, 6.07) is 13.1. The number of ether oxygens (including phenoxy) is 1. The van der Waals surface area contributed by atoms with Crippen molar-refractivity contribution in [3.63, 3.8) is 0 Å². The molecule has 1 amide bonds. The van der Waals surface area contributed by atoms with Crippen LogP contribution in [-0.4, -0.2) is 37.6 Å². The molecule has 0 radical (unpaired) electrons. The minimum atomic E-state index is -1.21. The highest BCUT2D eigenvalue weighted by Crippen LogP contribution is 2.24. The molecule has 1 aliphatic rings. The fourth-order valence-electron chi connectivity index (χ4n) is 3.12. The van der Waals surface area contributed by atoms with Crippen molar-refractivity contribution in [1.82, 2.24) is 19.8 Å². The van der Waals surface area contributed by atoms with E-state index in [2.05, 4.69) is 20.6 Å². The van der Waals surface area contributed by atoms with Crippen LogP contribution in [0.3, 0.4) is 0 Å². The Hall–Kier alpha value is -3.88. The number of aromatic nitrogens is 4. The molecule has 0 bridgehead atoms. The molecule has 5 rings (SSSR count). The molecule has 1 aromatic carbocycles. The van der Waals surface area contributed by atoms with Gasteiger partial charge < -0.3 is 14.4 Å². The van der Waals surface area contributed by atoms with Gasteiger partial charge in [-0.1, -0.05) is 30.5 Å². The van der Waals surface area contributed by atoms with E-state index in [1.165, 1.54) is 19.3 Å². The van der Waals surface area contributed by atoms with Crippen molar-refractivity contribution >= 4 is 17.7 Å². The van der Waals surface area contributed by atoms with E-state index in [9.17, 15) is 4.79 Å². The zero-order chi connectivity index (χ0) is 22.5. The summed E-state index contributed by atoms with van der Waals surface area (Å²) in [5, 5.41) is 19.2. The van der Waals surface area contributed by atoms with Crippen molar-refractivity contribution in [2.45, 2.75) is 39.5 Å². The first-order valence-electron chi connectivity index (χ1n) is 10.5. The van der Waals surface area contributed by atoms with Crippen molar-refractivity contribution in [2.24, 2.45) is 0 Å². The quantitative estimate of drug-likeness (QED) is 0.443. The van der Waals surface area contributed by atoms with Gasteiger partial charge in [0.1, 0.15) is 11.5 Å². The van der Waals surface area contributed by atoms with Gasteiger partial charge in [0.15, 0.2) is 5.65 Å². The van der Waals surface area contributed by atoms with E-state index in [1.54, 1.807) is 10.6 Å². The van der Waals surface area contributed by atoms with Gasteiger partial charge in [0.25, 0.3) is 5.95 Å². The van der Waals surface area contributed by atoms with Crippen LogP contribution in [0.15, 0.2) is 47.0 Å². The summed E-state index contributed by atoms with van der Waals surface area (Å²) in [6.45, 7) is 4.33. The maximum absolute atomic E-state index is 10.8. The van der Waals surface area contributed by atoms with Crippen molar-refractivity contribution in [3.05, 3.63) is 59.5 Å². The largest absolute Gasteiger partial charge is 0.493 e. The average molecular weight is 435 g/mol. The fourth-order valence-corrected chi connectivity index (χ4v) is 3.12. The highest BCUT2D eigenvalue weighted by atomic mass is 16.5. The van der Waals surface area contributed by atoms with Gasteiger partial charge in [-0.05, 0) is 50.2 Å². The van der Waals surface area contributed by atoms with E-state index in [0.717, 1.165) is 40.4 Å². The number of anilines is 1. The minimum absolute atomic E-state index is 0.0317. The predicted octanol–water partition coefficient (Wildman–Crippen LogP) is 4.88. The molecule has 32 heavy (non-hydrogen) atoms. The lowest BCUT2D eigenvalue weighted by Gasteiger charge is -2.08. The summed E-state index contributed by atoms with van der Waals surface area (Å²) in [6.07, 6.45) is 4.01. The highest BCUT2D eigenvalue weighted by Gasteiger charge is 2.11. The van der Waals surface area contributed by atoms with Crippen LogP contribution >= 0.6 is 0 Å². The molecule has 3 aromatic heterocycles. The molecule has 166 valence electrons. The molecule has 1 aliphatic carbocycles. The smallest absolute Gasteiger partial charge is 0.411 e. The van der Waals surface area contributed by atoms with Crippen molar-refractivity contribution in [2.75, 3.05) is 11.9 Å². The van der Waals surface area contributed by atoms with E-state index >= 15 is 0 Å². The van der Waals surface area contributed by atoms with Gasteiger partial charge >= 0.3 is 6.09 Å². The number of carbonyl (C=O) groups is 1. The fraction of sp³-hybridized carbons (Fsp3) is 0.304. The van der Waals surface area contributed by atoms with Gasteiger partial charge in [0.2, 0.25) is 0 Å². The first-order chi connectivity index (χ1) is 15.5. The standard InChI is InChI=1S/C20H19N5O4.C3H6/c1-12-16(13(2)29-24-12)10-11-28-15-8-6-14(7-9-15)17-4-3-5-18-21-19(22-20(26)27)23-25(17)18;1-2-3-1/h3-9H,10-11H2,1-2H3,(H,22,23)(H,26,27);1-3H2. The second-order valence-electron chi connectivity index (χ2n) is 7.53. The Morgan fingerprint density at radius 3 is 2.53 bits per heavy atom. The van der Waals surface area contributed by atoms with Crippen LogP contribution in [0.2, 0.25) is 0 Å². The molecular weight excluding hydrogens is 410 g/mol. The topological polar surface area (TPSA) is 115 Å². The van der Waals surface area contributed by atoms with Gasteiger partial charge in [0, 0.05) is 17.5 Å². The maximum atomic E-state index is 10.8. The highest BCUT2D eigenvalue weighted by molar-refractivity contribution is 5.80. The summed E-state index contributed by atoms with van der Waals surface area (Å²) in [5.41, 5.74) is 4.20. The number of hydrogen-bond donors (Lipinski definition) is 2. The van der Waals surface area contributed by atoms with Gasteiger partial charge in [-0.25, -0.2) is 9.31 Å². The molecule has 9 nitrogen and oxygen atoms in total. The van der Waals surface area contributed by atoms with Crippen molar-refractivity contribution < 1.29 is 19.2 Å². The number of aryl methyl sites for hydroxylation is 2. The molecule has 3 heterocycles. The zero-order valence-electron chi connectivity index (χ0n) is 18.0. The number of benzene rings is 1. The van der Waals surface area contributed by atoms with Crippen LogP contribution in [0.25, 0.3) is 16.9 Å². The summed E-state index contributed by atoms with van der Waals surface area (Å²) in [7, 11) is 0. The van der Waals surface area contributed by atoms with Gasteiger partial charge in [-0.15, -0.1) is 5.10 Å². The van der Waals surface area contributed by atoms with E-state index in [4.69, 9.17) is 14.4 Å². The number of rotatable bonds is 6. The predicted molar refractivity (Wildman–Crippen MR) is 119 cm³/mol. The second-order valence-corrected chi connectivity index (χ2v) is 7.53. The summed E-state index contributed by atoms with van der Waals surface area (Å²) in [5.74, 6) is 1.60. The molecular formula is C23H25N5O4. The molecule has 0 atom stereocenters. The van der Waals surface area contributed by atoms with E-state index in [0.29, 0.717) is 12.3 Å².